The fourth-order valence-electron chi connectivity index (χ4n) is 2.19. The predicted octanol–water partition coefficient (Wildman–Crippen LogP) is 2.78. The molecule has 8 heteroatoms. The molecule has 1 aliphatic rings. The Hall–Kier alpha value is -1.60. The normalized spacial score (nSPS) is 19.0. The Kier molecular flexibility index (Phi) is 4.53. The smallest absolute Gasteiger partial charge is 0.332 e. The van der Waals surface area contributed by atoms with Crippen LogP contribution in [0.5, 0.6) is 0 Å². The zero-order chi connectivity index (χ0) is 15.6. The Labute approximate surface area is 126 Å². The molecule has 1 aromatic carbocycles. The van der Waals surface area contributed by atoms with E-state index in [1.54, 1.807) is 0 Å². The number of hydrogen-bond donors (Lipinski definition) is 2. The fourth-order valence-corrected chi connectivity index (χ4v) is 4.10. The van der Waals surface area contributed by atoms with E-state index in [2.05, 4.69) is 4.72 Å². The number of benzene rings is 1. The molecule has 0 aliphatic heterocycles. The second-order valence-electron chi connectivity index (χ2n) is 4.66. The van der Waals surface area contributed by atoms with Gasteiger partial charge >= 0.3 is 5.97 Å². The second-order valence-corrected chi connectivity index (χ2v) is 6.93. The molecular formula is C13H13ClFNO4S. The highest BCUT2D eigenvalue weighted by Gasteiger charge is 2.34. The summed E-state index contributed by atoms with van der Waals surface area (Å²) in [6.07, 6.45) is 2.75. The van der Waals surface area contributed by atoms with Crippen molar-refractivity contribution in [2.45, 2.75) is 24.5 Å². The number of allylic oxidation sites excluding steroid dienone is 1. The summed E-state index contributed by atoms with van der Waals surface area (Å²) in [5, 5.41) is 7.86. The van der Waals surface area contributed by atoms with Crippen molar-refractivity contribution in [2.24, 2.45) is 0 Å². The zero-order valence-electron chi connectivity index (χ0n) is 10.8. The third-order valence-corrected chi connectivity index (χ3v) is 5.24. The van der Waals surface area contributed by atoms with Crippen molar-refractivity contribution < 1.29 is 22.7 Å². The van der Waals surface area contributed by atoms with E-state index in [0.29, 0.717) is 12.8 Å². The zero-order valence-corrected chi connectivity index (χ0v) is 12.4. The number of halogens is 2. The maximum atomic E-state index is 13.0. The molecule has 0 radical (unpaired) electrons. The molecule has 0 heterocycles. The molecule has 0 saturated carbocycles. The molecule has 114 valence electrons. The van der Waals surface area contributed by atoms with Crippen LogP contribution < -0.4 is 4.72 Å². The minimum Gasteiger partial charge on any atom is -0.478 e. The summed E-state index contributed by atoms with van der Waals surface area (Å²) in [7, 11) is -3.97. The summed E-state index contributed by atoms with van der Waals surface area (Å²) >= 11 is 5.78. The van der Waals surface area contributed by atoms with E-state index < -0.39 is 27.1 Å². The number of sulfonamides is 1. The van der Waals surface area contributed by atoms with Crippen molar-refractivity contribution in [2.75, 3.05) is 4.72 Å². The van der Waals surface area contributed by atoms with Gasteiger partial charge in [0.2, 0.25) is 10.0 Å². The van der Waals surface area contributed by atoms with Crippen LogP contribution in [0.4, 0.5) is 10.1 Å². The Morgan fingerprint density at radius 1 is 1.43 bits per heavy atom. The summed E-state index contributed by atoms with van der Waals surface area (Å²) in [4.78, 5) is 11.1. The van der Waals surface area contributed by atoms with E-state index in [9.17, 15) is 17.6 Å². The van der Waals surface area contributed by atoms with Gasteiger partial charge in [0.15, 0.2) is 0 Å². The molecule has 0 bridgehead atoms. The molecule has 21 heavy (non-hydrogen) atoms. The number of carboxylic acids is 1. The van der Waals surface area contributed by atoms with Crippen molar-refractivity contribution in [3.8, 4) is 0 Å². The number of rotatable bonds is 4. The Balaban J connectivity index is 2.31. The molecule has 0 saturated heterocycles. The van der Waals surface area contributed by atoms with E-state index in [-0.39, 0.29) is 22.7 Å². The van der Waals surface area contributed by atoms with Crippen LogP contribution in [0.15, 0.2) is 29.8 Å². The van der Waals surface area contributed by atoms with Gasteiger partial charge in [-0.05, 0) is 37.5 Å². The summed E-state index contributed by atoms with van der Waals surface area (Å²) in [6.45, 7) is 0. The molecule has 2 N–H and O–H groups in total. The second kappa shape index (κ2) is 6.03. The Morgan fingerprint density at radius 2 is 2.14 bits per heavy atom. The minimum atomic E-state index is -3.97. The van der Waals surface area contributed by atoms with Gasteiger partial charge in [-0.1, -0.05) is 17.7 Å². The molecule has 1 atom stereocenters. The first kappa shape index (κ1) is 15.8. The van der Waals surface area contributed by atoms with Crippen molar-refractivity contribution in [3.05, 3.63) is 40.7 Å². The van der Waals surface area contributed by atoms with Crippen LogP contribution in [0.1, 0.15) is 19.3 Å². The number of nitrogens with one attached hydrogen (secondary N) is 1. The third kappa shape index (κ3) is 3.54. The first-order chi connectivity index (χ1) is 9.81. The quantitative estimate of drug-likeness (QED) is 0.887. The van der Waals surface area contributed by atoms with Gasteiger partial charge in [-0.25, -0.2) is 17.6 Å². The lowest BCUT2D eigenvalue weighted by Crippen LogP contribution is -2.34. The SMILES string of the molecule is O=C(O)C1=CCCCC1S(=O)(=O)Nc1ccc(F)cc1Cl. The highest BCUT2D eigenvalue weighted by atomic mass is 35.5. The van der Waals surface area contributed by atoms with Gasteiger partial charge in [0.1, 0.15) is 11.1 Å². The topological polar surface area (TPSA) is 83.5 Å². The highest BCUT2D eigenvalue weighted by Crippen LogP contribution is 2.29. The van der Waals surface area contributed by atoms with Gasteiger partial charge in [0.25, 0.3) is 0 Å². The third-order valence-electron chi connectivity index (χ3n) is 3.19. The van der Waals surface area contributed by atoms with Gasteiger partial charge in [0.05, 0.1) is 16.3 Å². The lowest BCUT2D eigenvalue weighted by atomic mass is 9.99. The molecule has 0 amide bonds. The van der Waals surface area contributed by atoms with Crippen molar-refractivity contribution >= 4 is 33.3 Å². The van der Waals surface area contributed by atoms with Crippen LogP contribution in [0, 0.1) is 5.82 Å². The largest absolute Gasteiger partial charge is 0.478 e. The molecule has 0 fully saturated rings. The maximum absolute atomic E-state index is 13.0. The van der Waals surface area contributed by atoms with Crippen molar-refractivity contribution in [1.29, 1.82) is 0 Å². The average molecular weight is 334 g/mol. The van der Waals surface area contributed by atoms with E-state index >= 15 is 0 Å². The van der Waals surface area contributed by atoms with Crippen LogP contribution in [0.2, 0.25) is 5.02 Å². The van der Waals surface area contributed by atoms with E-state index in [4.69, 9.17) is 16.7 Å². The summed E-state index contributed by atoms with van der Waals surface area (Å²) in [5.41, 5.74) is -0.125. The minimum absolute atomic E-state index is 0.0216. The molecule has 1 unspecified atom stereocenters. The molecule has 2 rings (SSSR count). The number of hydrogen-bond acceptors (Lipinski definition) is 3. The summed E-state index contributed by atoms with van der Waals surface area (Å²) < 4.78 is 39.9. The summed E-state index contributed by atoms with van der Waals surface area (Å²) in [5.74, 6) is -1.85. The molecular weight excluding hydrogens is 321 g/mol. The molecule has 1 aromatic rings. The van der Waals surface area contributed by atoms with Crippen LogP contribution in [-0.4, -0.2) is 24.7 Å². The van der Waals surface area contributed by atoms with Crippen LogP contribution >= 0.6 is 11.6 Å². The number of aliphatic carboxylic acids is 1. The van der Waals surface area contributed by atoms with E-state index in [1.165, 1.54) is 12.1 Å². The van der Waals surface area contributed by atoms with Crippen LogP contribution in [-0.2, 0) is 14.8 Å². The van der Waals surface area contributed by atoms with Gasteiger partial charge in [-0.3, -0.25) is 4.72 Å². The van der Waals surface area contributed by atoms with Crippen LogP contribution in [0.3, 0.4) is 0 Å². The van der Waals surface area contributed by atoms with Crippen LogP contribution in [0.25, 0.3) is 0 Å². The monoisotopic (exact) mass is 333 g/mol. The molecule has 0 spiro atoms. The lowest BCUT2D eigenvalue weighted by molar-refractivity contribution is -0.132. The van der Waals surface area contributed by atoms with Gasteiger partial charge in [-0.15, -0.1) is 0 Å². The van der Waals surface area contributed by atoms with E-state index in [0.717, 1.165) is 12.1 Å². The van der Waals surface area contributed by atoms with Gasteiger partial charge < -0.3 is 5.11 Å². The summed E-state index contributed by atoms with van der Waals surface area (Å²) in [6, 6.07) is 3.25. The lowest BCUT2D eigenvalue weighted by Gasteiger charge is -2.22. The maximum Gasteiger partial charge on any atom is 0.332 e. The standard InChI is InChI=1S/C13H13ClFNO4S/c14-10-7-8(15)5-6-11(10)16-21(19,20)12-4-2-1-3-9(12)13(17)18/h3,5-7,12,16H,1-2,4H2,(H,17,18). The average Bonchev–Trinajstić information content (AvgIpc) is 2.42. The molecule has 5 nitrogen and oxygen atoms in total. The van der Waals surface area contributed by atoms with Crippen molar-refractivity contribution in [3.63, 3.8) is 0 Å². The van der Waals surface area contributed by atoms with Crippen molar-refractivity contribution in [1.82, 2.24) is 0 Å². The first-order valence-electron chi connectivity index (χ1n) is 6.21. The first-order valence-corrected chi connectivity index (χ1v) is 8.14. The fraction of sp³-hybridized carbons (Fsp3) is 0.308. The Bertz CT molecular complexity index is 702. The highest BCUT2D eigenvalue weighted by molar-refractivity contribution is 7.93. The van der Waals surface area contributed by atoms with E-state index in [1.807, 2.05) is 0 Å². The molecule has 0 aromatic heterocycles. The predicted molar refractivity (Wildman–Crippen MR) is 77.3 cm³/mol. The number of carboxylic acid groups (broad SMARTS) is 1. The van der Waals surface area contributed by atoms with Gasteiger partial charge in [-0.2, -0.15) is 0 Å². The number of carbonyl (C=O) groups is 1. The molecule has 1 aliphatic carbocycles. The van der Waals surface area contributed by atoms with Gasteiger partial charge in [0, 0.05) is 0 Å². The number of anilines is 1. The Morgan fingerprint density at radius 3 is 2.76 bits per heavy atom.